The summed E-state index contributed by atoms with van der Waals surface area (Å²) in [5.74, 6) is -0.581. The van der Waals surface area contributed by atoms with Crippen LogP contribution in [0, 0.1) is 5.92 Å². The lowest BCUT2D eigenvalue weighted by Gasteiger charge is -2.34. The molecule has 0 heterocycles. The summed E-state index contributed by atoms with van der Waals surface area (Å²) in [5, 5.41) is 3.00. The molecular weight excluding hydrogens is 626 g/mol. The molecule has 0 bridgehead atoms. The molecule has 0 radical (unpaired) electrons. The molecule has 0 spiro atoms. The van der Waals surface area contributed by atoms with E-state index in [0.29, 0.717) is 12.2 Å². The Hall–Kier alpha value is -3.95. The quantitative estimate of drug-likeness (QED) is 0.189. The molecule has 0 saturated heterocycles. The number of sulfonamides is 1. The van der Waals surface area contributed by atoms with Gasteiger partial charge in [0, 0.05) is 24.0 Å². The summed E-state index contributed by atoms with van der Waals surface area (Å²) in [4.78, 5) is 29.8. The highest BCUT2D eigenvalue weighted by atomic mass is 79.9. The first-order chi connectivity index (χ1) is 20.6. The molecule has 4 aromatic rings. The van der Waals surface area contributed by atoms with Crippen LogP contribution in [0.5, 0.6) is 0 Å². The van der Waals surface area contributed by atoms with Gasteiger partial charge < -0.3 is 10.2 Å². The molecule has 7 nitrogen and oxygen atoms in total. The van der Waals surface area contributed by atoms with Gasteiger partial charge in [-0.3, -0.25) is 13.9 Å². The van der Waals surface area contributed by atoms with E-state index in [2.05, 4.69) is 21.2 Å². The predicted molar refractivity (Wildman–Crippen MR) is 174 cm³/mol. The monoisotopic (exact) mass is 661 g/mol. The van der Waals surface area contributed by atoms with Crippen LogP contribution in [0.15, 0.2) is 125 Å². The number of nitrogens with one attached hydrogen (secondary N) is 1. The first-order valence-corrected chi connectivity index (χ1v) is 16.4. The lowest BCUT2D eigenvalue weighted by molar-refractivity contribution is -0.140. The molecule has 0 aromatic heterocycles. The van der Waals surface area contributed by atoms with Crippen LogP contribution in [-0.2, 0) is 32.6 Å². The van der Waals surface area contributed by atoms with Gasteiger partial charge in [0.2, 0.25) is 11.8 Å². The fraction of sp³-hybridized carbons (Fsp3) is 0.235. The number of carbonyl (C=O) groups excluding carboxylic acids is 2. The van der Waals surface area contributed by atoms with Crippen molar-refractivity contribution in [3.63, 3.8) is 0 Å². The summed E-state index contributed by atoms with van der Waals surface area (Å²) >= 11 is 3.50. The fourth-order valence-electron chi connectivity index (χ4n) is 4.65. The number of rotatable bonds is 13. The van der Waals surface area contributed by atoms with Crippen LogP contribution in [-0.4, -0.2) is 44.3 Å². The fourth-order valence-corrected chi connectivity index (χ4v) is 6.53. The second kappa shape index (κ2) is 15.0. The Morgan fingerprint density at radius 1 is 0.791 bits per heavy atom. The maximum atomic E-state index is 14.4. The number of hydrogen-bond acceptors (Lipinski definition) is 4. The van der Waals surface area contributed by atoms with E-state index in [4.69, 9.17) is 0 Å². The summed E-state index contributed by atoms with van der Waals surface area (Å²) in [7, 11) is -4.11. The predicted octanol–water partition coefficient (Wildman–Crippen LogP) is 6.06. The minimum Gasteiger partial charge on any atom is -0.354 e. The number of anilines is 1. The van der Waals surface area contributed by atoms with Crippen LogP contribution in [0.25, 0.3) is 0 Å². The first kappa shape index (κ1) is 32.0. The Labute approximate surface area is 262 Å². The van der Waals surface area contributed by atoms with Crippen molar-refractivity contribution in [1.82, 2.24) is 10.2 Å². The lowest BCUT2D eigenvalue weighted by Crippen LogP contribution is -2.53. The van der Waals surface area contributed by atoms with Crippen molar-refractivity contribution in [3.8, 4) is 0 Å². The molecule has 43 heavy (non-hydrogen) atoms. The van der Waals surface area contributed by atoms with E-state index in [0.717, 1.165) is 19.9 Å². The minimum absolute atomic E-state index is 0.0701. The molecule has 1 N–H and O–H groups in total. The van der Waals surface area contributed by atoms with Gasteiger partial charge in [-0.15, -0.1) is 0 Å². The Morgan fingerprint density at radius 3 is 1.98 bits per heavy atom. The molecule has 4 aromatic carbocycles. The third kappa shape index (κ3) is 8.78. The standard InChI is InChI=1S/C34H36BrN3O4S/c1-26(2)23-36-34(40)32(22-27-13-6-3-7-14-27)37(24-28-15-12-16-29(35)21-28)33(39)25-38(30-17-8-4-9-18-30)43(41,42)31-19-10-5-11-20-31/h3-21,26,32H,22-25H2,1-2H3,(H,36,40)/t32-/m1/s1. The van der Waals surface area contributed by atoms with Crippen LogP contribution in [0.1, 0.15) is 25.0 Å². The molecule has 1 atom stereocenters. The van der Waals surface area contributed by atoms with Gasteiger partial charge in [0.05, 0.1) is 10.6 Å². The summed E-state index contributed by atoms with van der Waals surface area (Å²) in [5.41, 5.74) is 2.04. The van der Waals surface area contributed by atoms with E-state index in [1.165, 1.54) is 17.0 Å². The minimum atomic E-state index is -4.11. The second-order valence-corrected chi connectivity index (χ2v) is 13.4. The molecule has 2 amide bonds. The van der Waals surface area contributed by atoms with E-state index in [9.17, 15) is 18.0 Å². The number of carbonyl (C=O) groups is 2. The lowest BCUT2D eigenvalue weighted by atomic mass is 10.0. The van der Waals surface area contributed by atoms with E-state index in [-0.39, 0.29) is 29.7 Å². The first-order valence-electron chi connectivity index (χ1n) is 14.1. The van der Waals surface area contributed by atoms with Crippen LogP contribution >= 0.6 is 15.9 Å². The Kier molecular flexibility index (Phi) is 11.1. The van der Waals surface area contributed by atoms with Gasteiger partial charge in [-0.2, -0.15) is 0 Å². The molecule has 0 aliphatic carbocycles. The zero-order chi connectivity index (χ0) is 30.8. The van der Waals surface area contributed by atoms with Crippen molar-refractivity contribution in [3.05, 3.63) is 131 Å². The van der Waals surface area contributed by atoms with Crippen LogP contribution < -0.4 is 9.62 Å². The van der Waals surface area contributed by atoms with Crippen molar-refractivity contribution in [1.29, 1.82) is 0 Å². The van der Waals surface area contributed by atoms with Gasteiger partial charge in [0.25, 0.3) is 10.0 Å². The summed E-state index contributed by atoms with van der Waals surface area (Å²) < 4.78 is 29.8. The average Bonchev–Trinajstić information content (AvgIpc) is 3.01. The van der Waals surface area contributed by atoms with Gasteiger partial charge in [-0.25, -0.2) is 8.42 Å². The maximum Gasteiger partial charge on any atom is 0.264 e. The highest BCUT2D eigenvalue weighted by Gasteiger charge is 2.34. The molecular formula is C34H36BrN3O4S. The van der Waals surface area contributed by atoms with Crippen molar-refractivity contribution >= 4 is 43.5 Å². The van der Waals surface area contributed by atoms with Crippen molar-refractivity contribution in [2.45, 2.75) is 37.8 Å². The molecule has 0 aliphatic rings. The number of benzene rings is 4. The second-order valence-electron chi connectivity index (χ2n) is 10.7. The molecule has 0 unspecified atom stereocenters. The summed E-state index contributed by atoms with van der Waals surface area (Å²) in [6, 6.07) is 32.7. The molecule has 4 rings (SSSR count). The third-order valence-electron chi connectivity index (χ3n) is 6.85. The summed E-state index contributed by atoms with van der Waals surface area (Å²) in [6.07, 6.45) is 0.265. The summed E-state index contributed by atoms with van der Waals surface area (Å²) in [6.45, 7) is 4.07. The largest absolute Gasteiger partial charge is 0.354 e. The zero-order valence-electron chi connectivity index (χ0n) is 24.3. The average molecular weight is 663 g/mol. The van der Waals surface area contributed by atoms with E-state index < -0.39 is 28.5 Å². The van der Waals surface area contributed by atoms with E-state index in [1.807, 2.05) is 68.4 Å². The Balaban J connectivity index is 1.77. The van der Waals surface area contributed by atoms with Gasteiger partial charge in [-0.1, -0.05) is 109 Å². The smallest absolute Gasteiger partial charge is 0.264 e. The van der Waals surface area contributed by atoms with Crippen LogP contribution in [0.4, 0.5) is 5.69 Å². The molecule has 9 heteroatoms. The van der Waals surface area contributed by atoms with Crippen molar-refractivity contribution in [2.75, 3.05) is 17.4 Å². The van der Waals surface area contributed by atoms with Crippen LogP contribution in [0.2, 0.25) is 0 Å². The number of halogens is 1. The highest BCUT2D eigenvalue weighted by Crippen LogP contribution is 2.25. The molecule has 0 aliphatic heterocycles. The highest BCUT2D eigenvalue weighted by molar-refractivity contribution is 9.10. The van der Waals surface area contributed by atoms with Gasteiger partial charge in [0.1, 0.15) is 12.6 Å². The zero-order valence-corrected chi connectivity index (χ0v) is 26.7. The molecule has 0 saturated carbocycles. The van der Waals surface area contributed by atoms with Gasteiger partial charge in [0.15, 0.2) is 0 Å². The number of nitrogens with zero attached hydrogens (tertiary/aromatic N) is 2. The van der Waals surface area contributed by atoms with Crippen LogP contribution in [0.3, 0.4) is 0 Å². The number of para-hydroxylation sites is 1. The Bertz CT molecular complexity index is 1600. The maximum absolute atomic E-state index is 14.4. The normalized spacial score (nSPS) is 12.0. The van der Waals surface area contributed by atoms with Gasteiger partial charge in [-0.05, 0) is 53.4 Å². The van der Waals surface area contributed by atoms with E-state index >= 15 is 0 Å². The topological polar surface area (TPSA) is 86.8 Å². The SMILES string of the molecule is CC(C)CNC(=O)[C@@H](Cc1ccccc1)N(Cc1cccc(Br)c1)C(=O)CN(c1ccccc1)S(=O)(=O)c1ccccc1. The van der Waals surface area contributed by atoms with Crippen molar-refractivity contribution < 1.29 is 18.0 Å². The molecule has 0 fully saturated rings. The van der Waals surface area contributed by atoms with E-state index in [1.54, 1.807) is 48.5 Å². The number of hydrogen-bond donors (Lipinski definition) is 1. The third-order valence-corrected chi connectivity index (χ3v) is 9.13. The van der Waals surface area contributed by atoms with Gasteiger partial charge >= 0.3 is 0 Å². The Morgan fingerprint density at radius 2 is 1.37 bits per heavy atom. The molecule has 224 valence electrons. The van der Waals surface area contributed by atoms with Crippen molar-refractivity contribution in [2.24, 2.45) is 5.92 Å². The number of amides is 2.